The van der Waals surface area contributed by atoms with Gasteiger partial charge in [-0.15, -0.1) is 5.10 Å². The van der Waals surface area contributed by atoms with E-state index in [0.717, 1.165) is 33.6 Å². The standard InChI is InChI=1S/C24H20Cl2N4O/c1-14-6-4-8-20(15(14)2)27-24(31)22-28-23(17-10-12-18(25)13-11-17)30(29-22)21-9-5-7-19(26)16(21)3/h4-13H,1-3H3,(H,27,31). The van der Waals surface area contributed by atoms with Crippen LogP contribution in [0.4, 0.5) is 5.69 Å². The SMILES string of the molecule is Cc1cccc(NC(=O)c2nc(-c3ccc(Cl)cc3)n(-c3cccc(Cl)c3C)n2)c1C. The maximum absolute atomic E-state index is 13.0. The zero-order chi connectivity index (χ0) is 22.1. The van der Waals surface area contributed by atoms with Crippen molar-refractivity contribution in [2.75, 3.05) is 5.32 Å². The zero-order valence-corrected chi connectivity index (χ0v) is 18.8. The Labute approximate surface area is 190 Å². The van der Waals surface area contributed by atoms with Gasteiger partial charge in [-0.1, -0.05) is 41.4 Å². The number of carbonyl (C=O) groups excluding carboxylic acids is 1. The summed E-state index contributed by atoms with van der Waals surface area (Å²) in [6.45, 7) is 5.87. The molecule has 0 fully saturated rings. The molecule has 4 rings (SSSR count). The van der Waals surface area contributed by atoms with E-state index in [4.69, 9.17) is 23.2 Å². The first kappa shape index (κ1) is 21.1. The molecule has 0 saturated heterocycles. The van der Waals surface area contributed by atoms with E-state index in [1.165, 1.54) is 0 Å². The minimum atomic E-state index is -0.387. The summed E-state index contributed by atoms with van der Waals surface area (Å²) < 4.78 is 1.64. The van der Waals surface area contributed by atoms with Gasteiger partial charge in [-0.05, 0) is 79.9 Å². The van der Waals surface area contributed by atoms with Crippen LogP contribution in [-0.2, 0) is 0 Å². The highest BCUT2D eigenvalue weighted by Crippen LogP contribution is 2.28. The summed E-state index contributed by atoms with van der Waals surface area (Å²) in [6, 6.07) is 18.5. The lowest BCUT2D eigenvalue weighted by Gasteiger charge is -2.10. The van der Waals surface area contributed by atoms with Crippen molar-refractivity contribution in [3.05, 3.63) is 93.2 Å². The molecule has 31 heavy (non-hydrogen) atoms. The first-order chi connectivity index (χ1) is 14.8. The second kappa shape index (κ2) is 8.53. The topological polar surface area (TPSA) is 59.8 Å². The molecule has 0 radical (unpaired) electrons. The highest BCUT2D eigenvalue weighted by Gasteiger charge is 2.21. The Morgan fingerprint density at radius 3 is 2.35 bits per heavy atom. The maximum atomic E-state index is 13.0. The summed E-state index contributed by atoms with van der Waals surface area (Å²) >= 11 is 12.4. The van der Waals surface area contributed by atoms with E-state index in [2.05, 4.69) is 15.4 Å². The number of rotatable bonds is 4. The van der Waals surface area contributed by atoms with Crippen LogP contribution >= 0.6 is 23.2 Å². The van der Waals surface area contributed by atoms with E-state index < -0.39 is 0 Å². The lowest BCUT2D eigenvalue weighted by molar-refractivity contribution is 0.101. The van der Waals surface area contributed by atoms with Crippen LogP contribution in [0.25, 0.3) is 17.1 Å². The van der Waals surface area contributed by atoms with Gasteiger partial charge >= 0.3 is 0 Å². The predicted molar refractivity (Wildman–Crippen MR) is 125 cm³/mol. The average Bonchev–Trinajstić information content (AvgIpc) is 3.19. The van der Waals surface area contributed by atoms with E-state index in [9.17, 15) is 4.79 Å². The van der Waals surface area contributed by atoms with E-state index in [1.54, 1.807) is 16.8 Å². The second-order valence-electron chi connectivity index (χ2n) is 7.26. The van der Waals surface area contributed by atoms with Crippen LogP contribution in [0.3, 0.4) is 0 Å². The Bertz CT molecular complexity index is 1280. The van der Waals surface area contributed by atoms with Gasteiger partial charge < -0.3 is 5.32 Å². The van der Waals surface area contributed by atoms with Crippen LogP contribution < -0.4 is 5.32 Å². The number of hydrogen-bond donors (Lipinski definition) is 1. The number of benzene rings is 3. The number of halogens is 2. The molecule has 156 valence electrons. The van der Waals surface area contributed by atoms with Crippen LogP contribution in [0, 0.1) is 20.8 Å². The molecule has 0 saturated carbocycles. The summed E-state index contributed by atoms with van der Waals surface area (Å²) in [4.78, 5) is 17.6. The summed E-state index contributed by atoms with van der Waals surface area (Å²) in [5.74, 6) is 0.195. The molecule has 0 unspecified atom stereocenters. The first-order valence-corrected chi connectivity index (χ1v) is 10.5. The van der Waals surface area contributed by atoms with Gasteiger partial charge in [0.15, 0.2) is 5.82 Å². The Morgan fingerprint density at radius 1 is 0.903 bits per heavy atom. The van der Waals surface area contributed by atoms with Crippen LogP contribution in [0.2, 0.25) is 10.0 Å². The minimum Gasteiger partial charge on any atom is -0.319 e. The Balaban J connectivity index is 1.81. The second-order valence-corrected chi connectivity index (χ2v) is 8.11. The molecular weight excluding hydrogens is 431 g/mol. The highest BCUT2D eigenvalue weighted by atomic mass is 35.5. The molecule has 0 aliphatic rings. The van der Waals surface area contributed by atoms with Gasteiger partial charge in [0.2, 0.25) is 5.82 Å². The van der Waals surface area contributed by atoms with Crippen LogP contribution in [0.5, 0.6) is 0 Å². The van der Waals surface area contributed by atoms with Crippen molar-refractivity contribution < 1.29 is 4.79 Å². The molecule has 0 aliphatic heterocycles. The number of amides is 1. The number of hydrogen-bond acceptors (Lipinski definition) is 3. The summed E-state index contributed by atoms with van der Waals surface area (Å²) in [7, 11) is 0. The van der Waals surface area contributed by atoms with Crippen molar-refractivity contribution in [1.82, 2.24) is 14.8 Å². The van der Waals surface area contributed by atoms with Crippen LogP contribution in [0.15, 0.2) is 60.7 Å². The smallest absolute Gasteiger partial charge is 0.295 e. The lowest BCUT2D eigenvalue weighted by Crippen LogP contribution is -2.15. The average molecular weight is 451 g/mol. The van der Waals surface area contributed by atoms with Gasteiger partial charge in [-0.2, -0.15) is 0 Å². The fraction of sp³-hybridized carbons (Fsp3) is 0.125. The van der Waals surface area contributed by atoms with Gasteiger partial charge in [0.1, 0.15) is 0 Å². The van der Waals surface area contributed by atoms with E-state index in [1.807, 2.05) is 69.3 Å². The van der Waals surface area contributed by atoms with Crippen LogP contribution in [-0.4, -0.2) is 20.7 Å². The van der Waals surface area contributed by atoms with E-state index in [-0.39, 0.29) is 11.7 Å². The van der Waals surface area contributed by atoms with Crippen LogP contribution in [0.1, 0.15) is 27.3 Å². The van der Waals surface area contributed by atoms with Gasteiger partial charge in [0.05, 0.1) is 5.69 Å². The molecule has 0 atom stereocenters. The largest absolute Gasteiger partial charge is 0.319 e. The van der Waals surface area contributed by atoms with Crippen molar-refractivity contribution in [3.8, 4) is 17.1 Å². The molecular formula is C24H20Cl2N4O. The normalized spacial score (nSPS) is 10.9. The number of aromatic nitrogens is 3. The fourth-order valence-corrected chi connectivity index (χ4v) is 3.55. The minimum absolute atomic E-state index is 0.0604. The molecule has 0 aliphatic carbocycles. The summed E-state index contributed by atoms with van der Waals surface area (Å²) in [5.41, 5.74) is 5.18. The molecule has 5 nitrogen and oxygen atoms in total. The Kier molecular flexibility index (Phi) is 5.81. The van der Waals surface area contributed by atoms with Gasteiger partial charge in [-0.25, -0.2) is 9.67 Å². The van der Waals surface area contributed by atoms with Crippen molar-refractivity contribution in [2.45, 2.75) is 20.8 Å². The Morgan fingerprint density at radius 2 is 1.61 bits per heavy atom. The van der Waals surface area contributed by atoms with Gasteiger partial charge in [-0.3, -0.25) is 4.79 Å². The highest BCUT2D eigenvalue weighted by molar-refractivity contribution is 6.31. The third-order valence-electron chi connectivity index (χ3n) is 5.23. The molecule has 4 aromatic rings. The zero-order valence-electron chi connectivity index (χ0n) is 17.3. The first-order valence-electron chi connectivity index (χ1n) is 9.71. The monoisotopic (exact) mass is 450 g/mol. The quantitative estimate of drug-likeness (QED) is 0.390. The van der Waals surface area contributed by atoms with Crippen molar-refractivity contribution in [3.63, 3.8) is 0 Å². The molecule has 3 aromatic carbocycles. The number of nitrogens with zero attached hydrogens (tertiary/aromatic N) is 3. The van der Waals surface area contributed by atoms with E-state index in [0.29, 0.717) is 15.9 Å². The molecule has 0 bridgehead atoms. The molecule has 0 spiro atoms. The summed E-state index contributed by atoms with van der Waals surface area (Å²) in [6.07, 6.45) is 0. The maximum Gasteiger partial charge on any atom is 0.295 e. The predicted octanol–water partition coefficient (Wildman–Crippen LogP) is 6.42. The van der Waals surface area contributed by atoms with Crippen molar-refractivity contribution in [2.24, 2.45) is 0 Å². The van der Waals surface area contributed by atoms with Gasteiger partial charge in [0.25, 0.3) is 5.91 Å². The lowest BCUT2D eigenvalue weighted by atomic mass is 10.1. The molecule has 1 N–H and O–H groups in total. The summed E-state index contributed by atoms with van der Waals surface area (Å²) in [5, 5.41) is 8.67. The molecule has 1 aromatic heterocycles. The van der Waals surface area contributed by atoms with Crippen molar-refractivity contribution in [1.29, 1.82) is 0 Å². The number of carbonyl (C=O) groups is 1. The Hall–Kier alpha value is -3.15. The van der Waals surface area contributed by atoms with Gasteiger partial charge in [0, 0.05) is 21.3 Å². The van der Waals surface area contributed by atoms with E-state index >= 15 is 0 Å². The van der Waals surface area contributed by atoms with Crippen molar-refractivity contribution >= 4 is 34.8 Å². The third kappa shape index (κ3) is 4.20. The number of anilines is 1. The number of aryl methyl sites for hydroxylation is 1. The fourth-order valence-electron chi connectivity index (χ4n) is 3.25. The third-order valence-corrected chi connectivity index (χ3v) is 5.89. The molecule has 7 heteroatoms. The molecule has 1 amide bonds. The molecule has 1 heterocycles. The number of nitrogens with one attached hydrogen (secondary N) is 1.